The summed E-state index contributed by atoms with van der Waals surface area (Å²) in [5, 5.41) is 3.39. The second-order valence-corrected chi connectivity index (χ2v) is 3.53. The highest BCUT2D eigenvalue weighted by Crippen LogP contribution is 2.08. The molecule has 0 saturated heterocycles. The molecule has 1 aromatic carbocycles. The van der Waals surface area contributed by atoms with Gasteiger partial charge < -0.3 is 5.32 Å². The van der Waals surface area contributed by atoms with Gasteiger partial charge in [0.2, 0.25) is 0 Å². The van der Waals surface area contributed by atoms with Gasteiger partial charge in [0.15, 0.2) is 0 Å². The zero-order valence-electron chi connectivity index (χ0n) is 8.69. The molecule has 0 aliphatic heterocycles. The highest BCUT2D eigenvalue weighted by atomic mass is 14.9. The van der Waals surface area contributed by atoms with E-state index in [0.717, 1.165) is 13.0 Å². The van der Waals surface area contributed by atoms with Crippen molar-refractivity contribution in [2.75, 3.05) is 11.9 Å². The van der Waals surface area contributed by atoms with Crippen LogP contribution in [-0.4, -0.2) is 6.54 Å². The fourth-order valence-electron chi connectivity index (χ4n) is 1.50. The van der Waals surface area contributed by atoms with Crippen LogP contribution in [0.25, 0.3) is 0 Å². The summed E-state index contributed by atoms with van der Waals surface area (Å²) in [6, 6.07) is 10.3. The first kappa shape index (κ1) is 9.78. The maximum atomic E-state index is 3.39. The van der Waals surface area contributed by atoms with E-state index >= 15 is 0 Å². The summed E-state index contributed by atoms with van der Waals surface area (Å²) in [5.41, 5.74) is 2.48. The van der Waals surface area contributed by atoms with Crippen molar-refractivity contribution in [2.24, 2.45) is 0 Å². The topological polar surface area (TPSA) is 12.0 Å². The second kappa shape index (κ2) is 5.20. The summed E-state index contributed by atoms with van der Waals surface area (Å²) in [6.45, 7) is 0.880. The molecule has 0 heterocycles. The van der Waals surface area contributed by atoms with Crippen LogP contribution in [0.1, 0.15) is 6.42 Å². The summed E-state index contributed by atoms with van der Waals surface area (Å²) in [7, 11) is 0. The number of benzene rings is 1. The third-order valence-electron chi connectivity index (χ3n) is 2.32. The Kier molecular flexibility index (Phi) is 3.39. The van der Waals surface area contributed by atoms with E-state index in [1.54, 1.807) is 0 Å². The minimum Gasteiger partial charge on any atom is -0.381 e. The Hall–Kier alpha value is -1.76. The maximum Gasteiger partial charge on any atom is 0.0400 e. The van der Waals surface area contributed by atoms with Gasteiger partial charge in [0.25, 0.3) is 0 Å². The van der Waals surface area contributed by atoms with Gasteiger partial charge in [-0.05, 0) is 24.1 Å². The van der Waals surface area contributed by atoms with Crippen LogP contribution < -0.4 is 5.32 Å². The quantitative estimate of drug-likeness (QED) is 0.781. The molecule has 1 aromatic rings. The lowest BCUT2D eigenvalue weighted by Gasteiger charge is -2.06. The van der Waals surface area contributed by atoms with Crippen molar-refractivity contribution in [3.63, 3.8) is 0 Å². The summed E-state index contributed by atoms with van der Waals surface area (Å²) in [6.07, 6.45) is 11.8. The highest BCUT2D eigenvalue weighted by molar-refractivity contribution is 5.45. The Labute approximate surface area is 90.8 Å². The van der Waals surface area contributed by atoms with Gasteiger partial charge in [-0.1, -0.05) is 48.6 Å². The number of para-hydroxylation sites is 1. The summed E-state index contributed by atoms with van der Waals surface area (Å²) < 4.78 is 0. The summed E-state index contributed by atoms with van der Waals surface area (Å²) in [5.74, 6) is 0. The molecule has 1 heteroatoms. The zero-order valence-corrected chi connectivity index (χ0v) is 8.69. The van der Waals surface area contributed by atoms with Gasteiger partial charge in [-0.15, -0.1) is 0 Å². The Bertz CT molecular complexity index is 385. The van der Waals surface area contributed by atoms with Gasteiger partial charge in [-0.2, -0.15) is 0 Å². The molecule has 1 N–H and O–H groups in total. The first-order chi connectivity index (χ1) is 7.45. The fraction of sp³-hybridized carbons (Fsp3) is 0.143. The zero-order chi connectivity index (χ0) is 10.3. The van der Waals surface area contributed by atoms with Crippen molar-refractivity contribution >= 4 is 5.69 Å². The molecule has 76 valence electrons. The van der Waals surface area contributed by atoms with E-state index in [4.69, 9.17) is 0 Å². The number of allylic oxidation sites excluding steroid dienone is 4. The summed E-state index contributed by atoms with van der Waals surface area (Å²) >= 11 is 0. The number of rotatable bonds is 3. The van der Waals surface area contributed by atoms with Crippen molar-refractivity contribution in [1.29, 1.82) is 0 Å². The lowest BCUT2D eigenvalue weighted by molar-refractivity contribution is 1.26. The molecule has 0 amide bonds. The average Bonchev–Trinajstić information content (AvgIpc) is 2.56. The number of hydrogen-bond acceptors (Lipinski definition) is 1. The standard InChI is InChI=1S/C14H15N/c1-2-5-9-13(8-4-1)12-15-14-10-6-3-7-11-14/h1,3-11,15H,2,12H2. The minimum absolute atomic E-state index is 0.880. The van der Waals surface area contributed by atoms with Crippen LogP contribution in [0.4, 0.5) is 5.69 Å². The van der Waals surface area contributed by atoms with E-state index < -0.39 is 0 Å². The highest BCUT2D eigenvalue weighted by Gasteiger charge is 1.93. The molecule has 0 bridgehead atoms. The van der Waals surface area contributed by atoms with Gasteiger partial charge in [0.1, 0.15) is 0 Å². The Balaban J connectivity index is 1.93. The molecule has 0 fully saturated rings. The number of hydrogen-bond donors (Lipinski definition) is 1. The van der Waals surface area contributed by atoms with Crippen molar-refractivity contribution in [2.45, 2.75) is 6.42 Å². The van der Waals surface area contributed by atoms with Gasteiger partial charge in [0.05, 0.1) is 0 Å². The molecule has 0 saturated carbocycles. The van der Waals surface area contributed by atoms with Gasteiger partial charge in [0, 0.05) is 12.2 Å². The van der Waals surface area contributed by atoms with E-state index in [-0.39, 0.29) is 0 Å². The second-order valence-electron chi connectivity index (χ2n) is 3.53. The third-order valence-corrected chi connectivity index (χ3v) is 2.32. The Morgan fingerprint density at radius 2 is 1.93 bits per heavy atom. The number of anilines is 1. The molecule has 0 spiro atoms. The minimum atomic E-state index is 0.880. The summed E-state index contributed by atoms with van der Waals surface area (Å²) in [4.78, 5) is 0. The van der Waals surface area contributed by atoms with Crippen molar-refractivity contribution in [3.05, 3.63) is 66.3 Å². The molecule has 1 aliphatic rings. The molecule has 0 aromatic heterocycles. The lowest BCUT2D eigenvalue weighted by atomic mass is 10.2. The first-order valence-corrected chi connectivity index (χ1v) is 5.26. The fourth-order valence-corrected chi connectivity index (χ4v) is 1.50. The molecule has 1 nitrogen and oxygen atoms in total. The Morgan fingerprint density at radius 3 is 2.80 bits per heavy atom. The van der Waals surface area contributed by atoms with Crippen LogP contribution in [-0.2, 0) is 0 Å². The predicted molar refractivity (Wildman–Crippen MR) is 65.9 cm³/mol. The van der Waals surface area contributed by atoms with E-state index in [1.165, 1.54) is 11.3 Å². The van der Waals surface area contributed by atoms with E-state index in [2.05, 4.69) is 47.8 Å². The van der Waals surface area contributed by atoms with E-state index in [9.17, 15) is 0 Å². The van der Waals surface area contributed by atoms with Gasteiger partial charge in [-0.3, -0.25) is 0 Å². The molecular weight excluding hydrogens is 182 g/mol. The molecule has 0 unspecified atom stereocenters. The molecule has 0 radical (unpaired) electrons. The smallest absolute Gasteiger partial charge is 0.0400 e. The maximum absolute atomic E-state index is 3.39. The molecule has 2 rings (SSSR count). The SMILES string of the molecule is C1=CCC=CC(CNc2ccccc2)=C1. The van der Waals surface area contributed by atoms with Crippen molar-refractivity contribution < 1.29 is 0 Å². The normalized spacial score (nSPS) is 14.5. The average molecular weight is 197 g/mol. The monoisotopic (exact) mass is 197 g/mol. The van der Waals surface area contributed by atoms with E-state index in [1.807, 2.05) is 18.2 Å². The lowest BCUT2D eigenvalue weighted by Crippen LogP contribution is -2.02. The van der Waals surface area contributed by atoms with Crippen LogP contribution in [0, 0.1) is 0 Å². The molecular formula is C14H15N. The number of nitrogens with one attached hydrogen (secondary N) is 1. The van der Waals surface area contributed by atoms with Gasteiger partial charge >= 0.3 is 0 Å². The van der Waals surface area contributed by atoms with Crippen LogP contribution in [0.15, 0.2) is 66.3 Å². The molecule has 15 heavy (non-hydrogen) atoms. The Morgan fingerprint density at radius 1 is 1.07 bits per heavy atom. The van der Waals surface area contributed by atoms with Crippen LogP contribution >= 0.6 is 0 Å². The largest absolute Gasteiger partial charge is 0.381 e. The predicted octanol–water partition coefficient (Wildman–Crippen LogP) is 3.54. The van der Waals surface area contributed by atoms with Crippen LogP contribution in [0.5, 0.6) is 0 Å². The van der Waals surface area contributed by atoms with Gasteiger partial charge in [-0.25, -0.2) is 0 Å². The van der Waals surface area contributed by atoms with Crippen molar-refractivity contribution in [3.8, 4) is 0 Å². The van der Waals surface area contributed by atoms with Crippen LogP contribution in [0.3, 0.4) is 0 Å². The molecule has 1 aliphatic carbocycles. The van der Waals surface area contributed by atoms with Crippen LogP contribution in [0.2, 0.25) is 0 Å². The molecule has 0 atom stereocenters. The van der Waals surface area contributed by atoms with E-state index in [0.29, 0.717) is 0 Å². The third kappa shape index (κ3) is 3.13. The van der Waals surface area contributed by atoms with Crippen molar-refractivity contribution in [1.82, 2.24) is 0 Å². The first-order valence-electron chi connectivity index (χ1n) is 5.26.